The van der Waals surface area contributed by atoms with Gasteiger partial charge in [0.2, 0.25) is 0 Å². The van der Waals surface area contributed by atoms with Crippen LogP contribution in [0.1, 0.15) is 0 Å². The van der Waals surface area contributed by atoms with Gasteiger partial charge in [-0.05, 0) is 0 Å². The first kappa shape index (κ1) is 20.3. The second-order valence-corrected chi connectivity index (χ2v) is 5.10. The molecule has 0 saturated carbocycles. The predicted octanol–water partition coefficient (Wildman–Crippen LogP) is -5.55. The lowest BCUT2D eigenvalue weighted by molar-refractivity contribution is -0.314. The summed E-state index contributed by atoms with van der Waals surface area (Å²) in [5, 5.41) is 74.7. The average Bonchev–Trinajstić information content (AvgIpc) is 2.57. The Kier molecular flexibility index (Phi) is 7.89. The largest absolute Gasteiger partial charge is 0.394 e. The third-order valence-electron chi connectivity index (χ3n) is 3.45. The van der Waals surface area contributed by atoms with Gasteiger partial charge in [0.1, 0.15) is 42.7 Å². The van der Waals surface area contributed by atoms with Crippen LogP contribution < -0.4 is 0 Å². The fraction of sp³-hybridized carbons (Fsp3) is 0.917. The van der Waals surface area contributed by atoms with E-state index in [9.17, 15) is 30.3 Å². The molecule has 8 N–H and O–H groups in total. The van der Waals surface area contributed by atoms with E-state index in [2.05, 4.69) is 0 Å². The van der Waals surface area contributed by atoms with Gasteiger partial charge in [0, 0.05) is 0 Å². The van der Waals surface area contributed by atoms with E-state index < -0.39 is 74.6 Å². The first-order chi connectivity index (χ1) is 10.8. The summed E-state index contributed by atoms with van der Waals surface area (Å²) < 4.78 is 10.0. The fourth-order valence-corrected chi connectivity index (χ4v) is 2.05. The number of ketones is 1. The van der Waals surface area contributed by atoms with Crippen molar-refractivity contribution in [2.45, 2.75) is 49.0 Å². The quantitative estimate of drug-likeness (QED) is 0.209. The van der Waals surface area contributed by atoms with E-state index in [0.717, 1.165) is 0 Å². The van der Waals surface area contributed by atoms with Crippen LogP contribution in [-0.2, 0) is 14.3 Å². The van der Waals surface area contributed by atoms with Crippen molar-refractivity contribution >= 4 is 5.78 Å². The van der Waals surface area contributed by atoms with E-state index in [1.54, 1.807) is 0 Å². The van der Waals surface area contributed by atoms with Gasteiger partial charge in [-0.1, -0.05) is 0 Å². The van der Waals surface area contributed by atoms with Crippen LogP contribution in [0.25, 0.3) is 0 Å². The molecular weight excluding hydrogens is 320 g/mol. The summed E-state index contributed by atoms with van der Waals surface area (Å²) in [5.74, 6) is -1.19. The van der Waals surface area contributed by atoms with Gasteiger partial charge in [0.25, 0.3) is 0 Å². The maximum Gasteiger partial charge on any atom is 0.195 e. The van der Waals surface area contributed by atoms with E-state index in [1.165, 1.54) is 0 Å². The monoisotopic (exact) mass is 342 g/mol. The third kappa shape index (κ3) is 4.64. The highest BCUT2D eigenvalue weighted by Gasteiger charge is 2.46. The molecule has 0 spiro atoms. The van der Waals surface area contributed by atoms with Crippen LogP contribution in [0.15, 0.2) is 0 Å². The van der Waals surface area contributed by atoms with Crippen LogP contribution in [0.3, 0.4) is 0 Å². The molecule has 8 atom stereocenters. The minimum Gasteiger partial charge on any atom is -0.394 e. The number of Topliss-reactive ketones (excluding diaryl/α,β-unsaturated/α-hetero) is 1. The average molecular weight is 342 g/mol. The SMILES string of the molecule is O=C([C@H](O)CO)[C@H](O[C@@H]1O[C@H](CO)[C@H](O)[C@H](O)[C@H]1O)[C@H](O)CO. The van der Waals surface area contributed by atoms with Crippen LogP contribution in [0.4, 0.5) is 0 Å². The van der Waals surface area contributed by atoms with Crippen molar-refractivity contribution in [3.8, 4) is 0 Å². The van der Waals surface area contributed by atoms with E-state index >= 15 is 0 Å². The highest BCUT2D eigenvalue weighted by Crippen LogP contribution is 2.24. The van der Waals surface area contributed by atoms with Gasteiger partial charge in [-0.2, -0.15) is 0 Å². The number of hydrogen-bond donors (Lipinski definition) is 8. The molecule has 0 aromatic carbocycles. The van der Waals surface area contributed by atoms with Gasteiger partial charge >= 0.3 is 0 Å². The summed E-state index contributed by atoms with van der Waals surface area (Å²) in [6, 6.07) is 0. The lowest BCUT2D eigenvalue weighted by Gasteiger charge is -2.41. The molecule has 1 heterocycles. The van der Waals surface area contributed by atoms with Gasteiger partial charge in [-0.3, -0.25) is 4.79 Å². The Morgan fingerprint density at radius 1 is 1.00 bits per heavy atom. The molecule has 11 nitrogen and oxygen atoms in total. The van der Waals surface area contributed by atoms with Crippen LogP contribution in [0.2, 0.25) is 0 Å². The first-order valence-corrected chi connectivity index (χ1v) is 6.86. The number of carbonyl (C=O) groups is 1. The van der Waals surface area contributed by atoms with Gasteiger partial charge in [0.15, 0.2) is 12.1 Å². The number of ether oxygens (including phenoxy) is 2. The Morgan fingerprint density at radius 2 is 1.61 bits per heavy atom. The summed E-state index contributed by atoms with van der Waals surface area (Å²) in [6.07, 6.45) is -13.9. The summed E-state index contributed by atoms with van der Waals surface area (Å²) in [6.45, 7) is -2.64. The van der Waals surface area contributed by atoms with Crippen molar-refractivity contribution in [2.75, 3.05) is 19.8 Å². The predicted molar refractivity (Wildman–Crippen MR) is 69.8 cm³/mol. The molecule has 136 valence electrons. The Bertz CT molecular complexity index is 376. The van der Waals surface area contributed by atoms with Crippen LogP contribution in [-0.4, -0.2) is 115 Å². The smallest absolute Gasteiger partial charge is 0.195 e. The topological polar surface area (TPSA) is 197 Å². The van der Waals surface area contributed by atoms with Crippen molar-refractivity contribution in [1.29, 1.82) is 0 Å². The summed E-state index contributed by atoms with van der Waals surface area (Å²) >= 11 is 0. The van der Waals surface area contributed by atoms with Crippen LogP contribution >= 0.6 is 0 Å². The van der Waals surface area contributed by atoms with Crippen molar-refractivity contribution < 1.29 is 55.1 Å². The Morgan fingerprint density at radius 3 is 2.09 bits per heavy atom. The molecule has 1 saturated heterocycles. The molecule has 0 aromatic rings. The van der Waals surface area contributed by atoms with Crippen molar-refractivity contribution in [2.24, 2.45) is 0 Å². The number of aliphatic hydroxyl groups is 8. The van der Waals surface area contributed by atoms with Gasteiger partial charge in [0.05, 0.1) is 19.8 Å². The molecule has 11 heteroatoms. The Labute approximate surface area is 130 Å². The third-order valence-corrected chi connectivity index (χ3v) is 3.45. The highest BCUT2D eigenvalue weighted by molar-refractivity contribution is 5.87. The zero-order valence-electron chi connectivity index (χ0n) is 12.0. The lowest BCUT2D eigenvalue weighted by Crippen LogP contribution is -2.61. The molecule has 0 amide bonds. The van der Waals surface area contributed by atoms with E-state index in [-0.39, 0.29) is 0 Å². The van der Waals surface area contributed by atoms with Gasteiger partial charge < -0.3 is 50.3 Å². The van der Waals surface area contributed by atoms with Crippen molar-refractivity contribution in [1.82, 2.24) is 0 Å². The molecule has 1 fully saturated rings. The van der Waals surface area contributed by atoms with E-state index in [4.69, 9.17) is 24.8 Å². The molecular formula is C12H22O11. The number of hydrogen-bond acceptors (Lipinski definition) is 11. The molecule has 0 radical (unpaired) electrons. The van der Waals surface area contributed by atoms with Gasteiger partial charge in [-0.15, -0.1) is 0 Å². The summed E-state index contributed by atoms with van der Waals surface area (Å²) in [5.41, 5.74) is 0. The molecule has 1 aliphatic rings. The molecule has 0 aliphatic carbocycles. The Hall–Kier alpha value is -0.730. The number of aliphatic hydroxyl groups excluding tert-OH is 8. The van der Waals surface area contributed by atoms with Crippen molar-refractivity contribution in [3.05, 3.63) is 0 Å². The highest BCUT2D eigenvalue weighted by atomic mass is 16.7. The number of carbonyl (C=O) groups excluding carboxylic acids is 1. The second-order valence-electron chi connectivity index (χ2n) is 5.10. The first-order valence-electron chi connectivity index (χ1n) is 6.86. The second kappa shape index (κ2) is 8.94. The number of rotatable bonds is 8. The zero-order chi connectivity index (χ0) is 17.7. The molecule has 1 rings (SSSR count). The van der Waals surface area contributed by atoms with Crippen LogP contribution in [0.5, 0.6) is 0 Å². The van der Waals surface area contributed by atoms with E-state index in [0.29, 0.717) is 0 Å². The fourth-order valence-electron chi connectivity index (χ4n) is 2.05. The van der Waals surface area contributed by atoms with Gasteiger partial charge in [-0.25, -0.2) is 0 Å². The molecule has 0 aromatic heterocycles. The zero-order valence-corrected chi connectivity index (χ0v) is 12.0. The minimum absolute atomic E-state index is 0.731. The normalized spacial score (nSPS) is 35.6. The van der Waals surface area contributed by atoms with E-state index in [1.807, 2.05) is 0 Å². The molecule has 0 unspecified atom stereocenters. The van der Waals surface area contributed by atoms with Crippen molar-refractivity contribution in [3.63, 3.8) is 0 Å². The maximum absolute atomic E-state index is 11.8. The maximum atomic E-state index is 11.8. The summed E-state index contributed by atoms with van der Waals surface area (Å²) in [4.78, 5) is 11.8. The standard InChI is InChI=1S/C12H22O11/c13-1-4(16)7(18)11(5(17)2-14)23-12-10(21)9(20)8(19)6(3-15)22-12/h4-6,8-17,19-21H,1-3H2/t4-,5-,6-,8+,9+,10-,11-,12+/m1/s1. The summed E-state index contributed by atoms with van der Waals surface area (Å²) in [7, 11) is 0. The lowest BCUT2D eigenvalue weighted by atomic mass is 9.99. The molecule has 23 heavy (non-hydrogen) atoms. The molecule has 1 aliphatic heterocycles. The minimum atomic E-state index is -1.91. The Balaban J connectivity index is 2.91. The molecule has 0 bridgehead atoms. The van der Waals surface area contributed by atoms with Crippen LogP contribution in [0, 0.1) is 0 Å².